The molecule has 1 aliphatic heterocycles. The van der Waals surface area contributed by atoms with E-state index >= 15 is 0 Å². The standard InChI is InChI=1S/C16H16FN3O2S/c17-12-4-2-1-3-11(12)10-20-13(5-6-15(20)21)16(22)19-9-14-18-7-8-23-14/h1-4,7-8,13H,5-6,9-10H2,(H,19,22)/t13-/m1/s1. The Bertz CT molecular complexity index is 705. The van der Waals surface area contributed by atoms with Crippen LogP contribution in [0.2, 0.25) is 0 Å². The Kier molecular flexibility index (Phi) is 4.66. The largest absolute Gasteiger partial charge is 0.348 e. The highest BCUT2D eigenvalue weighted by atomic mass is 32.1. The summed E-state index contributed by atoms with van der Waals surface area (Å²) < 4.78 is 13.8. The normalized spacial score (nSPS) is 17.5. The summed E-state index contributed by atoms with van der Waals surface area (Å²) in [6, 6.07) is 5.75. The molecule has 1 atom stereocenters. The minimum absolute atomic E-state index is 0.112. The highest BCUT2D eigenvalue weighted by molar-refractivity contribution is 7.09. The maximum Gasteiger partial charge on any atom is 0.243 e. The van der Waals surface area contributed by atoms with Crippen molar-refractivity contribution in [2.24, 2.45) is 0 Å². The third-order valence-electron chi connectivity index (χ3n) is 3.83. The summed E-state index contributed by atoms with van der Waals surface area (Å²) in [4.78, 5) is 30.0. The summed E-state index contributed by atoms with van der Waals surface area (Å²) in [6.07, 6.45) is 2.44. The first-order valence-electron chi connectivity index (χ1n) is 7.34. The molecule has 1 aromatic heterocycles. The number of rotatable bonds is 5. The quantitative estimate of drug-likeness (QED) is 0.911. The SMILES string of the molecule is O=C(NCc1nccs1)[C@H]1CCC(=O)N1Cc1ccccc1F. The molecule has 0 unspecified atom stereocenters. The van der Waals surface area contributed by atoms with Crippen molar-refractivity contribution in [3.8, 4) is 0 Å². The van der Waals surface area contributed by atoms with E-state index in [4.69, 9.17) is 0 Å². The Morgan fingerprint density at radius 1 is 1.43 bits per heavy atom. The maximum absolute atomic E-state index is 13.8. The first-order valence-corrected chi connectivity index (χ1v) is 8.22. The van der Waals surface area contributed by atoms with E-state index < -0.39 is 6.04 Å². The fraction of sp³-hybridized carbons (Fsp3) is 0.312. The molecule has 5 nitrogen and oxygen atoms in total. The summed E-state index contributed by atoms with van der Waals surface area (Å²) in [7, 11) is 0. The van der Waals surface area contributed by atoms with Crippen LogP contribution in [0, 0.1) is 5.82 Å². The topological polar surface area (TPSA) is 62.3 Å². The second-order valence-electron chi connectivity index (χ2n) is 5.31. The molecule has 3 rings (SSSR count). The van der Waals surface area contributed by atoms with Crippen LogP contribution in [-0.4, -0.2) is 27.7 Å². The summed E-state index contributed by atoms with van der Waals surface area (Å²) in [5.41, 5.74) is 0.417. The molecule has 0 aliphatic carbocycles. The van der Waals surface area contributed by atoms with Crippen LogP contribution in [0.15, 0.2) is 35.8 Å². The van der Waals surface area contributed by atoms with Gasteiger partial charge in [-0.15, -0.1) is 11.3 Å². The molecule has 2 heterocycles. The van der Waals surface area contributed by atoms with Gasteiger partial charge < -0.3 is 10.2 Å². The molecule has 1 aromatic carbocycles. The van der Waals surface area contributed by atoms with Gasteiger partial charge in [0.25, 0.3) is 0 Å². The fourth-order valence-electron chi connectivity index (χ4n) is 2.64. The molecule has 1 fully saturated rings. The third kappa shape index (κ3) is 3.56. The zero-order chi connectivity index (χ0) is 16.2. The van der Waals surface area contributed by atoms with E-state index in [1.807, 2.05) is 5.38 Å². The van der Waals surface area contributed by atoms with E-state index in [2.05, 4.69) is 10.3 Å². The van der Waals surface area contributed by atoms with Crippen molar-refractivity contribution >= 4 is 23.2 Å². The minimum Gasteiger partial charge on any atom is -0.348 e. The molecule has 2 amide bonds. The van der Waals surface area contributed by atoms with Crippen LogP contribution < -0.4 is 5.32 Å². The fourth-order valence-corrected chi connectivity index (χ4v) is 3.19. The first kappa shape index (κ1) is 15.6. The molecule has 1 aliphatic rings. The van der Waals surface area contributed by atoms with Crippen molar-refractivity contribution in [1.82, 2.24) is 15.2 Å². The van der Waals surface area contributed by atoms with Gasteiger partial charge >= 0.3 is 0 Å². The lowest BCUT2D eigenvalue weighted by Gasteiger charge is -2.24. The molecule has 0 radical (unpaired) electrons. The number of carbonyl (C=O) groups excluding carboxylic acids is 2. The van der Waals surface area contributed by atoms with Crippen LogP contribution in [0.4, 0.5) is 4.39 Å². The Morgan fingerprint density at radius 2 is 2.26 bits per heavy atom. The number of carbonyl (C=O) groups is 2. The van der Waals surface area contributed by atoms with Gasteiger partial charge in [0.05, 0.1) is 6.54 Å². The Morgan fingerprint density at radius 3 is 3.00 bits per heavy atom. The Hall–Kier alpha value is -2.28. The van der Waals surface area contributed by atoms with Crippen LogP contribution in [0.25, 0.3) is 0 Å². The number of aromatic nitrogens is 1. The monoisotopic (exact) mass is 333 g/mol. The summed E-state index contributed by atoms with van der Waals surface area (Å²) in [5, 5.41) is 5.45. The number of benzene rings is 1. The van der Waals surface area contributed by atoms with Gasteiger partial charge in [0.2, 0.25) is 11.8 Å². The number of nitrogens with one attached hydrogen (secondary N) is 1. The lowest BCUT2D eigenvalue weighted by molar-refractivity contribution is -0.135. The van der Waals surface area contributed by atoms with Crippen molar-refractivity contribution in [2.75, 3.05) is 0 Å². The van der Waals surface area contributed by atoms with Crippen LogP contribution >= 0.6 is 11.3 Å². The lowest BCUT2D eigenvalue weighted by Crippen LogP contribution is -2.44. The van der Waals surface area contributed by atoms with Crippen LogP contribution in [0.3, 0.4) is 0 Å². The molecule has 0 saturated carbocycles. The van der Waals surface area contributed by atoms with Gasteiger partial charge in [-0.05, 0) is 12.5 Å². The van der Waals surface area contributed by atoms with E-state index in [-0.39, 0.29) is 24.2 Å². The molecular formula is C16H16FN3O2S. The zero-order valence-corrected chi connectivity index (χ0v) is 13.2. The van der Waals surface area contributed by atoms with Crippen molar-refractivity contribution in [3.05, 3.63) is 52.2 Å². The molecule has 120 valence electrons. The van der Waals surface area contributed by atoms with E-state index in [0.717, 1.165) is 5.01 Å². The molecule has 0 bridgehead atoms. The predicted molar refractivity (Wildman–Crippen MR) is 83.9 cm³/mol. The Labute approximate surface area is 137 Å². The number of nitrogens with zero attached hydrogens (tertiary/aromatic N) is 2. The van der Waals surface area contributed by atoms with Crippen molar-refractivity contribution in [1.29, 1.82) is 0 Å². The maximum atomic E-state index is 13.8. The van der Waals surface area contributed by atoms with Crippen molar-refractivity contribution < 1.29 is 14.0 Å². The predicted octanol–water partition coefficient (Wildman–Crippen LogP) is 2.09. The highest BCUT2D eigenvalue weighted by Gasteiger charge is 2.36. The molecule has 7 heteroatoms. The number of hydrogen-bond acceptors (Lipinski definition) is 4. The average molecular weight is 333 g/mol. The van der Waals surface area contributed by atoms with E-state index in [1.165, 1.54) is 22.3 Å². The molecular weight excluding hydrogens is 317 g/mol. The summed E-state index contributed by atoms with van der Waals surface area (Å²) >= 11 is 1.46. The smallest absolute Gasteiger partial charge is 0.243 e. The van der Waals surface area contributed by atoms with Crippen LogP contribution in [0.5, 0.6) is 0 Å². The highest BCUT2D eigenvalue weighted by Crippen LogP contribution is 2.23. The van der Waals surface area contributed by atoms with Crippen molar-refractivity contribution in [2.45, 2.75) is 32.0 Å². The summed E-state index contributed by atoms with van der Waals surface area (Å²) in [6.45, 7) is 0.454. The average Bonchev–Trinajstić information content (AvgIpc) is 3.18. The van der Waals surface area contributed by atoms with Gasteiger partial charge in [-0.2, -0.15) is 0 Å². The van der Waals surface area contributed by atoms with E-state index in [1.54, 1.807) is 24.4 Å². The van der Waals surface area contributed by atoms with Gasteiger partial charge in [-0.3, -0.25) is 9.59 Å². The van der Waals surface area contributed by atoms with E-state index in [9.17, 15) is 14.0 Å². The second kappa shape index (κ2) is 6.87. The first-order chi connectivity index (χ1) is 11.1. The molecule has 0 spiro atoms. The van der Waals surface area contributed by atoms with Gasteiger partial charge in [0.1, 0.15) is 16.9 Å². The number of amides is 2. The number of thiazole rings is 1. The summed E-state index contributed by atoms with van der Waals surface area (Å²) in [5.74, 6) is -0.709. The van der Waals surface area contributed by atoms with Gasteiger partial charge in [-0.25, -0.2) is 9.37 Å². The van der Waals surface area contributed by atoms with Gasteiger partial charge in [0.15, 0.2) is 0 Å². The third-order valence-corrected chi connectivity index (χ3v) is 4.61. The zero-order valence-electron chi connectivity index (χ0n) is 12.4. The van der Waals surface area contributed by atoms with Gasteiger partial charge in [-0.1, -0.05) is 18.2 Å². The lowest BCUT2D eigenvalue weighted by atomic mass is 10.1. The molecule has 1 N–H and O–H groups in total. The van der Waals surface area contributed by atoms with Gasteiger partial charge in [0, 0.05) is 30.1 Å². The van der Waals surface area contributed by atoms with Crippen LogP contribution in [0.1, 0.15) is 23.4 Å². The number of halogens is 1. The number of hydrogen-bond donors (Lipinski definition) is 1. The molecule has 1 saturated heterocycles. The molecule has 23 heavy (non-hydrogen) atoms. The van der Waals surface area contributed by atoms with E-state index in [0.29, 0.717) is 24.9 Å². The van der Waals surface area contributed by atoms with Crippen molar-refractivity contribution in [3.63, 3.8) is 0 Å². The molecule has 2 aromatic rings. The second-order valence-corrected chi connectivity index (χ2v) is 6.29. The minimum atomic E-state index is -0.554. The number of likely N-dealkylation sites (tertiary alicyclic amines) is 1. The Balaban J connectivity index is 1.67. The van der Waals surface area contributed by atoms with Crippen LogP contribution in [-0.2, 0) is 22.7 Å².